The van der Waals surface area contributed by atoms with Crippen LogP contribution in [0.1, 0.15) is 22.8 Å². The second-order valence-electron chi connectivity index (χ2n) is 7.11. The van der Waals surface area contributed by atoms with E-state index in [2.05, 4.69) is 4.99 Å². The number of nitrogens with zero attached hydrogens (tertiary/aromatic N) is 3. The third-order valence-corrected chi connectivity index (χ3v) is 8.62. The first-order valence-corrected chi connectivity index (χ1v) is 12.5. The van der Waals surface area contributed by atoms with Gasteiger partial charge >= 0.3 is 0 Å². The van der Waals surface area contributed by atoms with Gasteiger partial charge in [-0.25, -0.2) is 8.42 Å². The second-order valence-corrected chi connectivity index (χ2v) is 10.5. The van der Waals surface area contributed by atoms with Crippen molar-refractivity contribution in [2.24, 2.45) is 4.99 Å². The molecule has 7 nitrogen and oxygen atoms in total. The minimum Gasteiger partial charge on any atom is -0.379 e. The molecule has 10 heteroatoms. The fourth-order valence-electron chi connectivity index (χ4n) is 3.55. The van der Waals surface area contributed by atoms with Crippen LogP contribution in [0.5, 0.6) is 0 Å². The highest BCUT2D eigenvalue weighted by Crippen LogP contribution is 2.27. The minimum absolute atomic E-state index is 0.154. The molecular weight excluding hydrogens is 458 g/mol. The number of aryl methyl sites for hydroxylation is 2. The molecule has 3 aromatic rings. The van der Waals surface area contributed by atoms with Crippen LogP contribution in [0.4, 0.5) is 0 Å². The number of hydrogen-bond donors (Lipinski definition) is 0. The van der Waals surface area contributed by atoms with Crippen molar-refractivity contribution in [3.8, 4) is 0 Å². The number of morpholine rings is 1. The quantitative estimate of drug-likeness (QED) is 0.574. The number of thiazole rings is 1. The van der Waals surface area contributed by atoms with Crippen molar-refractivity contribution in [1.82, 2.24) is 8.87 Å². The molecule has 31 heavy (non-hydrogen) atoms. The fourth-order valence-corrected chi connectivity index (χ4v) is 6.26. The topological polar surface area (TPSA) is 81.0 Å². The number of amides is 1. The molecule has 0 spiro atoms. The summed E-state index contributed by atoms with van der Waals surface area (Å²) in [6.45, 7) is 5.99. The molecule has 1 aromatic heterocycles. The highest BCUT2D eigenvalue weighted by Gasteiger charge is 2.26. The van der Waals surface area contributed by atoms with Crippen molar-refractivity contribution in [1.29, 1.82) is 0 Å². The minimum atomic E-state index is -3.60. The summed E-state index contributed by atoms with van der Waals surface area (Å²) in [4.78, 5) is 17.8. The number of rotatable bonds is 4. The van der Waals surface area contributed by atoms with Crippen LogP contribution in [0.15, 0.2) is 46.3 Å². The van der Waals surface area contributed by atoms with E-state index in [9.17, 15) is 13.2 Å². The van der Waals surface area contributed by atoms with Crippen LogP contribution in [0.25, 0.3) is 10.2 Å². The summed E-state index contributed by atoms with van der Waals surface area (Å²) in [7, 11) is -3.60. The third kappa shape index (κ3) is 4.20. The molecule has 0 aliphatic carbocycles. The van der Waals surface area contributed by atoms with Crippen LogP contribution >= 0.6 is 22.9 Å². The number of hydrogen-bond acceptors (Lipinski definition) is 5. The van der Waals surface area contributed by atoms with Crippen molar-refractivity contribution in [2.75, 3.05) is 26.3 Å². The number of ether oxygens (including phenoxy) is 1. The molecule has 0 atom stereocenters. The molecule has 0 saturated carbocycles. The van der Waals surface area contributed by atoms with Crippen molar-refractivity contribution in [3.63, 3.8) is 0 Å². The Balaban J connectivity index is 1.66. The fraction of sp³-hybridized carbons (Fsp3) is 0.333. The van der Waals surface area contributed by atoms with Crippen LogP contribution in [0, 0.1) is 6.92 Å². The Morgan fingerprint density at radius 3 is 2.48 bits per heavy atom. The Labute approximate surface area is 189 Å². The smallest absolute Gasteiger partial charge is 0.279 e. The van der Waals surface area contributed by atoms with Crippen molar-refractivity contribution in [3.05, 3.63) is 57.3 Å². The number of aromatic nitrogens is 1. The molecule has 1 saturated heterocycles. The molecule has 0 unspecified atom stereocenters. The highest BCUT2D eigenvalue weighted by atomic mass is 35.5. The van der Waals surface area contributed by atoms with Crippen LogP contribution in [-0.2, 0) is 21.3 Å². The van der Waals surface area contributed by atoms with Gasteiger partial charge in [0.15, 0.2) is 4.80 Å². The first-order chi connectivity index (χ1) is 14.8. The second kappa shape index (κ2) is 8.84. The zero-order chi connectivity index (χ0) is 22.2. The summed E-state index contributed by atoms with van der Waals surface area (Å²) < 4.78 is 35.1. The van der Waals surface area contributed by atoms with Gasteiger partial charge < -0.3 is 9.30 Å². The summed E-state index contributed by atoms with van der Waals surface area (Å²) in [5, 5.41) is 0.669. The molecule has 1 aliphatic rings. The van der Waals surface area contributed by atoms with E-state index in [4.69, 9.17) is 16.3 Å². The van der Waals surface area contributed by atoms with E-state index in [-0.39, 0.29) is 4.90 Å². The molecule has 4 rings (SSSR count). The van der Waals surface area contributed by atoms with Gasteiger partial charge in [0.05, 0.1) is 28.3 Å². The Bertz CT molecular complexity index is 1300. The van der Waals surface area contributed by atoms with Crippen LogP contribution in [0.2, 0.25) is 5.02 Å². The van der Waals surface area contributed by atoms with Gasteiger partial charge in [0.1, 0.15) is 0 Å². The van der Waals surface area contributed by atoms with E-state index in [1.807, 2.05) is 30.5 Å². The largest absolute Gasteiger partial charge is 0.379 e. The monoisotopic (exact) mass is 479 g/mol. The van der Waals surface area contributed by atoms with E-state index in [1.165, 1.54) is 39.9 Å². The average Bonchev–Trinajstić information content (AvgIpc) is 3.14. The Morgan fingerprint density at radius 2 is 1.84 bits per heavy atom. The Morgan fingerprint density at radius 1 is 1.16 bits per heavy atom. The van der Waals surface area contributed by atoms with Crippen molar-refractivity contribution in [2.45, 2.75) is 25.3 Å². The predicted molar refractivity (Wildman–Crippen MR) is 121 cm³/mol. The molecule has 0 N–H and O–H groups in total. The standard InChI is InChI=1S/C21H22ClN3O4S2/c1-3-25-19-14(2)17(22)8-9-18(19)30-21(25)23-20(26)15-4-6-16(7-5-15)31(27,28)24-10-12-29-13-11-24/h4-9H,3,10-13H2,1-2H3. The van der Waals surface area contributed by atoms with Gasteiger partial charge in [-0.15, -0.1) is 0 Å². The third-order valence-electron chi connectivity index (χ3n) is 5.25. The zero-order valence-corrected chi connectivity index (χ0v) is 19.6. The van der Waals surface area contributed by atoms with Gasteiger partial charge in [-0.3, -0.25) is 4.79 Å². The maximum Gasteiger partial charge on any atom is 0.279 e. The van der Waals surface area contributed by atoms with E-state index < -0.39 is 15.9 Å². The van der Waals surface area contributed by atoms with Gasteiger partial charge in [-0.1, -0.05) is 22.9 Å². The van der Waals surface area contributed by atoms with Gasteiger partial charge in [0.2, 0.25) is 10.0 Å². The summed E-state index contributed by atoms with van der Waals surface area (Å²) in [5.41, 5.74) is 2.25. The number of carbonyl (C=O) groups excluding carboxylic acids is 1. The van der Waals surface area contributed by atoms with Gasteiger partial charge in [0.25, 0.3) is 5.91 Å². The molecule has 1 aliphatic heterocycles. The number of benzene rings is 2. The maximum atomic E-state index is 12.8. The summed E-state index contributed by atoms with van der Waals surface area (Å²) in [6.07, 6.45) is 0. The first kappa shape index (κ1) is 22.2. The van der Waals surface area contributed by atoms with Crippen molar-refractivity contribution < 1.29 is 17.9 Å². The van der Waals surface area contributed by atoms with Gasteiger partial charge in [-0.05, 0) is 55.8 Å². The first-order valence-electron chi connectivity index (χ1n) is 9.88. The molecule has 1 amide bonds. The zero-order valence-electron chi connectivity index (χ0n) is 17.2. The summed E-state index contributed by atoms with van der Waals surface area (Å²) in [5.74, 6) is -0.423. The lowest BCUT2D eigenvalue weighted by atomic mass is 10.2. The predicted octanol–water partition coefficient (Wildman–Crippen LogP) is 3.45. The molecule has 2 heterocycles. The Hall–Kier alpha value is -2.04. The van der Waals surface area contributed by atoms with Gasteiger partial charge in [0, 0.05) is 30.2 Å². The molecule has 1 fully saturated rings. The summed E-state index contributed by atoms with van der Waals surface area (Å²) >= 11 is 7.69. The van der Waals surface area contributed by atoms with E-state index in [0.717, 1.165) is 15.8 Å². The van der Waals surface area contributed by atoms with E-state index >= 15 is 0 Å². The highest BCUT2D eigenvalue weighted by molar-refractivity contribution is 7.89. The Kier molecular flexibility index (Phi) is 6.32. The molecule has 164 valence electrons. The molecular formula is C21H22ClN3O4S2. The normalized spacial score (nSPS) is 16.2. The number of fused-ring (bicyclic) bond motifs is 1. The molecule has 0 radical (unpaired) electrons. The number of sulfonamides is 1. The number of halogens is 1. The lowest BCUT2D eigenvalue weighted by Gasteiger charge is -2.26. The van der Waals surface area contributed by atoms with Gasteiger partial charge in [-0.2, -0.15) is 9.30 Å². The van der Waals surface area contributed by atoms with E-state index in [1.54, 1.807) is 0 Å². The van der Waals surface area contributed by atoms with Crippen LogP contribution in [0.3, 0.4) is 0 Å². The SMILES string of the molecule is CCn1c(=NC(=O)c2ccc(S(=O)(=O)N3CCOCC3)cc2)sc2ccc(Cl)c(C)c21. The average molecular weight is 480 g/mol. The van der Waals surface area contributed by atoms with Crippen LogP contribution in [-0.4, -0.2) is 49.5 Å². The van der Waals surface area contributed by atoms with E-state index in [0.29, 0.717) is 48.2 Å². The summed E-state index contributed by atoms with van der Waals surface area (Å²) in [6, 6.07) is 9.69. The lowest BCUT2D eigenvalue weighted by Crippen LogP contribution is -2.40. The lowest BCUT2D eigenvalue weighted by molar-refractivity contribution is 0.0730. The molecule has 2 aromatic carbocycles. The van der Waals surface area contributed by atoms with Crippen LogP contribution < -0.4 is 4.80 Å². The van der Waals surface area contributed by atoms with Crippen molar-refractivity contribution >= 4 is 49.1 Å². The maximum absolute atomic E-state index is 12.8. The number of carbonyl (C=O) groups is 1. The molecule has 0 bridgehead atoms.